The fraction of sp³-hybridized carbons (Fsp3) is 0.900. The van der Waals surface area contributed by atoms with Crippen molar-refractivity contribution >= 4 is 5.97 Å². The molecule has 0 aliphatic carbocycles. The highest BCUT2D eigenvalue weighted by Gasteiger charge is 2.21. The lowest BCUT2D eigenvalue weighted by Gasteiger charge is -2.22. The third kappa shape index (κ3) is 8.08. The first-order valence-electron chi connectivity index (χ1n) is 5.36. The molecule has 0 bridgehead atoms. The van der Waals surface area contributed by atoms with Gasteiger partial charge >= 0.3 is 5.97 Å². The highest BCUT2D eigenvalue weighted by Crippen LogP contribution is 2.10. The van der Waals surface area contributed by atoms with Gasteiger partial charge in [0.2, 0.25) is 0 Å². The number of nitrogens with two attached hydrogens (primary N) is 1. The van der Waals surface area contributed by atoms with Crippen LogP contribution >= 0.6 is 0 Å². The van der Waals surface area contributed by atoms with Gasteiger partial charge in [-0.3, -0.25) is 4.79 Å². The first-order valence-corrected chi connectivity index (χ1v) is 5.36. The lowest BCUT2D eigenvalue weighted by Crippen LogP contribution is -2.37. The molecule has 6 heteroatoms. The lowest BCUT2D eigenvalue weighted by atomic mass is 10.1. The molecule has 0 saturated heterocycles. The van der Waals surface area contributed by atoms with Gasteiger partial charge in [-0.15, -0.1) is 0 Å². The van der Waals surface area contributed by atoms with Crippen LogP contribution in [-0.4, -0.2) is 24.2 Å². The average Bonchev–Trinajstić information content (AvgIpc) is 2.14. The number of hydrogen-bond donors (Lipinski definition) is 1. The van der Waals surface area contributed by atoms with Crippen LogP contribution in [0.5, 0.6) is 0 Å². The highest BCUT2D eigenvalue weighted by molar-refractivity contribution is 5.75. The van der Waals surface area contributed by atoms with Crippen LogP contribution in [0.25, 0.3) is 10.4 Å². The summed E-state index contributed by atoms with van der Waals surface area (Å²) >= 11 is 0. The lowest BCUT2D eigenvalue weighted by molar-refractivity contribution is -0.156. The minimum absolute atomic E-state index is 0.378. The summed E-state index contributed by atoms with van der Waals surface area (Å²) in [5.74, 6) is -0.378. The second-order valence-corrected chi connectivity index (χ2v) is 4.59. The molecule has 1 atom stereocenters. The van der Waals surface area contributed by atoms with Crippen LogP contribution in [0.2, 0.25) is 0 Å². The topological polar surface area (TPSA) is 101 Å². The van der Waals surface area contributed by atoms with E-state index in [1.54, 1.807) is 20.8 Å². The summed E-state index contributed by atoms with van der Waals surface area (Å²) in [7, 11) is 0. The molecule has 0 aliphatic heterocycles. The number of carbonyl (C=O) groups is 1. The van der Waals surface area contributed by atoms with E-state index in [9.17, 15) is 4.79 Å². The Morgan fingerprint density at radius 2 is 2.12 bits per heavy atom. The van der Waals surface area contributed by atoms with Gasteiger partial charge < -0.3 is 10.5 Å². The van der Waals surface area contributed by atoms with Crippen LogP contribution in [0.3, 0.4) is 0 Å². The predicted molar refractivity (Wildman–Crippen MR) is 61.7 cm³/mol. The van der Waals surface area contributed by atoms with E-state index in [-0.39, 0.29) is 5.97 Å². The van der Waals surface area contributed by atoms with Crippen molar-refractivity contribution in [1.82, 2.24) is 0 Å². The third-order valence-electron chi connectivity index (χ3n) is 1.80. The maximum atomic E-state index is 11.4. The van der Waals surface area contributed by atoms with E-state index >= 15 is 0 Å². The number of nitrogens with zero attached hydrogens (tertiary/aromatic N) is 3. The van der Waals surface area contributed by atoms with E-state index in [2.05, 4.69) is 10.0 Å². The van der Waals surface area contributed by atoms with E-state index < -0.39 is 11.6 Å². The number of unbranched alkanes of at least 4 members (excludes halogenated alkanes) is 1. The zero-order valence-electron chi connectivity index (χ0n) is 10.1. The molecule has 0 aromatic carbocycles. The third-order valence-corrected chi connectivity index (χ3v) is 1.80. The maximum Gasteiger partial charge on any atom is 0.323 e. The number of azide groups is 1. The van der Waals surface area contributed by atoms with Crippen molar-refractivity contribution in [3.8, 4) is 0 Å². The van der Waals surface area contributed by atoms with Crippen LogP contribution in [0.1, 0.15) is 40.0 Å². The summed E-state index contributed by atoms with van der Waals surface area (Å²) in [6, 6.07) is -0.592. The number of esters is 1. The van der Waals surface area contributed by atoms with Crippen LogP contribution in [-0.2, 0) is 9.53 Å². The maximum absolute atomic E-state index is 11.4. The zero-order chi connectivity index (χ0) is 12.6. The Bertz CT molecular complexity index is 266. The molecule has 0 amide bonds. The molecule has 0 spiro atoms. The molecule has 0 aliphatic rings. The molecule has 0 unspecified atom stereocenters. The highest BCUT2D eigenvalue weighted by atomic mass is 16.6. The summed E-state index contributed by atoms with van der Waals surface area (Å²) in [4.78, 5) is 14.1. The smallest absolute Gasteiger partial charge is 0.323 e. The van der Waals surface area contributed by atoms with Gasteiger partial charge in [0.1, 0.15) is 11.6 Å². The van der Waals surface area contributed by atoms with Crippen LogP contribution in [0.15, 0.2) is 5.11 Å². The summed E-state index contributed by atoms with van der Waals surface area (Å²) in [5, 5.41) is 3.40. The normalized spacial score (nSPS) is 12.8. The van der Waals surface area contributed by atoms with Gasteiger partial charge in [0, 0.05) is 11.5 Å². The minimum Gasteiger partial charge on any atom is -0.459 e. The largest absolute Gasteiger partial charge is 0.459 e. The van der Waals surface area contributed by atoms with E-state index in [1.165, 1.54) is 0 Å². The van der Waals surface area contributed by atoms with Crippen LogP contribution in [0.4, 0.5) is 0 Å². The quantitative estimate of drug-likeness (QED) is 0.248. The number of rotatable bonds is 6. The van der Waals surface area contributed by atoms with Gasteiger partial charge in [-0.1, -0.05) is 11.5 Å². The Kier molecular flexibility index (Phi) is 6.53. The van der Waals surface area contributed by atoms with Crippen molar-refractivity contribution in [2.24, 2.45) is 10.8 Å². The van der Waals surface area contributed by atoms with Crippen LogP contribution in [0, 0.1) is 0 Å². The molecule has 0 aromatic rings. The SMILES string of the molecule is CC(C)(C)OC(=O)[C@@H](N)CCCCN=[N+]=[N-]. The minimum atomic E-state index is -0.592. The van der Waals surface area contributed by atoms with E-state index in [1.807, 2.05) is 0 Å². The molecule has 92 valence electrons. The molecular formula is C10H20N4O2. The molecule has 0 radical (unpaired) electrons. The second kappa shape index (κ2) is 7.09. The zero-order valence-corrected chi connectivity index (χ0v) is 10.1. The van der Waals surface area contributed by atoms with Crippen molar-refractivity contribution in [2.45, 2.75) is 51.7 Å². The van der Waals surface area contributed by atoms with Crippen molar-refractivity contribution in [2.75, 3.05) is 6.54 Å². The Hall–Kier alpha value is -1.26. The predicted octanol–water partition coefficient (Wildman–Crippen LogP) is 2.14. The Balaban J connectivity index is 3.75. The summed E-state index contributed by atoms with van der Waals surface area (Å²) in [6.45, 7) is 5.86. The Morgan fingerprint density at radius 3 is 2.62 bits per heavy atom. The monoisotopic (exact) mass is 228 g/mol. The number of hydrogen-bond acceptors (Lipinski definition) is 4. The van der Waals surface area contributed by atoms with E-state index in [0.29, 0.717) is 13.0 Å². The molecule has 0 saturated carbocycles. The number of ether oxygens (including phenoxy) is 1. The summed E-state index contributed by atoms with van der Waals surface area (Å²) < 4.78 is 5.13. The molecule has 6 nitrogen and oxygen atoms in total. The van der Waals surface area contributed by atoms with Gasteiger partial charge in [-0.2, -0.15) is 0 Å². The standard InChI is InChI=1S/C10H20N4O2/c1-10(2,3)16-9(15)8(11)6-4-5-7-13-14-12/h8H,4-7,11H2,1-3H3/t8-/m0/s1. The van der Waals surface area contributed by atoms with Crippen molar-refractivity contribution in [1.29, 1.82) is 0 Å². The van der Waals surface area contributed by atoms with Crippen LogP contribution < -0.4 is 5.73 Å². The van der Waals surface area contributed by atoms with Gasteiger partial charge in [0.25, 0.3) is 0 Å². The molecule has 2 N–H and O–H groups in total. The Labute approximate surface area is 95.8 Å². The molecule has 0 heterocycles. The first-order chi connectivity index (χ1) is 7.37. The summed E-state index contributed by atoms with van der Waals surface area (Å²) in [6.07, 6.45) is 2.04. The molecule has 16 heavy (non-hydrogen) atoms. The van der Waals surface area contributed by atoms with E-state index in [4.69, 9.17) is 16.0 Å². The second-order valence-electron chi connectivity index (χ2n) is 4.59. The Morgan fingerprint density at radius 1 is 1.50 bits per heavy atom. The summed E-state index contributed by atoms with van der Waals surface area (Å²) in [5.41, 5.74) is 13.2. The van der Waals surface area contributed by atoms with Gasteiger partial charge in [-0.25, -0.2) is 0 Å². The van der Waals surface area contributed by atoms with Crippen molar-refractivity contribution in [3.05, 3.63) is 10.4 Å². The number of carbonyl (C=O) groups excluding carboxylic acids is 1. The van der Waals surface area contributed by atoms with Gasteiger partial charge in [0.15, 0.2) is 0 Å². The van der Waals surface area contributed by atoms with Gasteiger partial charge in [-0.05, 0) is 39.1 Å². The first kappa shape index (κ1) is 14.7. The molecule has 0 rings (SSSR count). The van der Waals surface area contributed by atoms with Gasteiger partial charge in [0.05, 0.1) is 0 Å². The fourth-order valence-electron chi connectivity index (χ4n) is 1.09. The van der Waals surface area contributed by atoms with Crippen molar-refractivity contribution in [3.63, 3.8) is 0 Å². The average molecular weight is 228 g/mol. The van der Waals surface area contributed by atoms with Crippen molar-refractivity contribution < 1.29 is 9.53 Å². The van der Waals surface area contributed by atoms with E-state index in [0.717, 1.165) is 12.8 Å². The fourth-order valence-corrected chi connectivity index (χ4v) is 1.09. The molecular weight excluding hydrogens is 208 g/mol. The molecule has 0 aromatic heterocycles. The molecule has 0 fully saturated rings.